The zero-order valence-electron chi connectivity index (χ0n) is 18.0. The third-order valence-corrected chi connectivity index (χ3v) is 6.08. The van der Waals surface area contributed by atoms with Crippen LogP contribution in [-0.2, 0) is 37.5 Å². The Bertz CT molecular complexity index is 833. The van der Waals surface area contributed by atoms with Gasteiger partial charge in [-0.1, -0.05) is 43.9 Å². The van der Waals surface area contributed by atoms with Gasteiger partial charge >= 0.3 is 0 Å². The molecule has 2 aromatic carbocycles. The summed E-state index contributed by atoms with van der Waals surface area (Å²) in [6, 6.07) is 15.5. The Labute approximate surface area is 200 Å². The number of benzene rings is 2. The van der Waals surface area contributed by atoms with E-state index in [-0.39, 0.29) is 44.4 Å². The van der Waals surface area contributed by atoms with E-state index in [0.717, 1.165) is 22.9 Å². The van der Waals surface area contributed by atoms with Crippen LogP contribution in [-0.4, -0.2) is 32.9 Å². The maximum absolute atomic E-state index is 12.9. The van der Waals surface area contributed by atoms with Crippen molar-refractivity contribution in [1.82, 2.24) is 5.32 Å². The average Bonchev–Trinajstić information content (AvgIpc) is 2.66. The van der Waals surface area contributed by atoms with E-state index in [9.17, 15) is 9.59 Å². The van der Waals surface area contributed by atoms with Gasteiger partial charge in [-0.2, -0.15) is 6.92 Å². The summed E-state index contributed by atoms with van der Waals surface area (Å²) in [6.07, 6.45) is 2.22. The molecule has 0 bridgehead atoms. The smallest absolute Gasteiger partial charge is 0.251 e. The fraction of sp³-hybridized carbons (Fsp3) is 0.348. The first kappa shape index (κ1) is 25.7. The maximum atomic E-state index is 12.9. The van der Waals surface area contributed by atoms with Gasteiger partial charge in [-0.05, 0) is 41.4 Å². The van der Waals surface area contributed by atoms with Crippen molar-refractivity contribution in [3.05, 3.63) is 60.5 Å². The molecule has 0 fully saturated rings. The van der Waals surface area contributed by atoms with E-state index in [1.54, 1.807) is 13.2 Å². The van der Waals surface area contributed by atoms with E-state index in [0.29, 0.717) is 12.0 Å². The first-order chi connectivity index (χ1) is 13.2. The Balaban J connectivity index is 0.00000420. The first-order valence-electron chi connectivity index (χ1n) is 9.59. The van der Waals surface area contributed by atoms with Gasteiger partial charge < -0.3 is 21.3 Å². The number of carbonyl (C=O) groups is 2. The van der Waals surface area contributed by atoms with Crippen molar-refractivity contribution in [2.75, 3.05) is 7.11 Å². The first-order valence-corrected chi connectivity index (χ1v) is 13.3. The molecule has 1 amide bonds. The predicted octanol–water partition coefficient (Wildman–Crippen LogP) is 4.98. The molecule has 0 unspecified atom stereocenters. The molecular weight excluding hydrogens is 455 g/mol. The Morgan fingerprint density at radius 1 is 1.07 bits per heavy atom. The molecule has 0 heterocycles. The van der Waals surface area contributed by atoms with Gasteiger partial charge in [0.25, 0.3) is 5.91 Å². The molecular formula is C23H30NO3SiY-. The van der Waals surface area contributed by atoms with E-state index in [1.807, 2.05) is 55.8 Å². The molecule has 1 N–H and O–H groups in total. The molecule has 4 nitrogen and oxygen atoms in total. The molecule has 0 saturated heterocycles. The minimum Gasteiger partial charge on any atom is -0.497 e. The van der Waals surface area contributed by atoms with Crippen LogP contribution in [0.5, 0.6) is 5.75 Å². The molecule has 0 saturated carbocycles. The Morgan fingerprint density at radius 2 is 1.69 bits per heavy atom. The van der Waals surface area contributed by atoms with Crippen LogP contribution in [0, 0.1) is 6.42 Å². The summed E-state index contributed by atoms with van der Waals surface area (Å²) >= 11 is 0. The van der Waals surface area contributed by atoms with Crippen molar-refractivity contribution >= 4 is 19.8 Å². The molecule has 0 aliphatic heterocycles. The number of methoxy groups -OCH3 is 1. The van der Waals surface area contributed by atoms with Crippen LogP contribution in [0.25, 0.3) is 11.1 Å². The third-order valence-electron chi connectivity index (χ3n) is 4.44. The van der Waals surface area contributed by atoms with Crippen LogP contribution in [0.3, 0.4) is 0 Å². The maximum Gasteiger partial charge on any atom is 0.251 e. The fourth-order valence-electron chi connectivity index (χ4n) is 3.09. The van der Waals surface area contributed by atoms with Gasteiger partial charge in [0.15, 0.2) is 0 Å². The van der Waals surface area contributed by atoms with E-state index < -0.39 is 14.1 Å². The minimum atomic E-state index is -1.52. The molecule has 1 radical (unpaired) electrons. The number of ether oxygens (including phenoxy) is 1. The molecule has 2 aromatic rings. The molecule has 0 aliphatic rings. The SMILES string of the molecule is C[CH-]CC(=O)[C@H](C[Si](C)(C)C)NC(=O)c1cccc(-c2cccc(OC)c2)c1.[Y]. The van der Waals surface area contributed by atoms with Crippen LogP contribution in [0.2, 0.25) is 25.7 Å². The van der Waals surface area contributed by atoms with Gasteiger partial charge in [-0.15, -0.1) is 6.42 Å². The second-order valence-corrected chi connectivity index (χ2v) is 13.7. The Morgan fingerprint density at radius 3 is 2.28 bits per heavy atom. The average molecular weight is 485 g/mol. The van der Waals surface area contributed by atoms with Gasteiger partial charge in [0.05, 0.1) is 13.2 Å². The number of amides is 1. The zero-order chi connectivity index (χ0) is 20.7. The molecule has 6 heteroatoms. The summed E-state index contributed by atoms with van der Waals surface area (Å²) < 4.78 is 5.29. The van der Waals surface area contributed by atoms with Crippen molar-refractivity contribution in [3.63, 3.8) is 0 Å². The van der Waals surface area contributed by atoms with E-state index in [4.69, 9.17) is 4.74 Å². The molecule has 153 valence electrons. The second-order valence-electron chi connectivity index (χ2n) is 8.18. The summed E-state index contributed by atoms with van der Waals surface area (Å²) in [5, 5.41) is 2.98. The molecule has 29 heavy (non-hydrogen) atoms. The van der Waals surface area contributed by atoms with Crippen molar-refractivity contribution in [2.24, 2.45) is 0 Å². The third kappa shape index (κ3) is 8.15. The number of carbonyl (C=O) groups excluding carboxylic acids is 2. The topological polar surface area (TPSA) is 55.4 Å². The number of rotatable bonds is 9. The van der Waals surface area contributed by atoms with Crippen molar-refractivity contribution < 1.29 is 47.0 Å². The zero-order valence-corrected chi connectivity index (χ0v) is 21.8. The van der Waals surface area contributed by atoms with E-state index in [2.05, 4.69) is 25.0 Å². The van der Waals surface area contributed by atoms with Gasteiger partial charge in [0, 0.05) is 46.3 Å². The molecule has 1 atom stereocenters. The van der Waals surface area contributed by atoms with Gasteiger partial charge in [-0.25, -0.2) is 0 Å². The largest absolute Gasteiger partial charge is 0.497 e. The number of ketones is 1. The van der Waals surface area contributed by atoms with Crippen LogP contribution in [0.15, 0.2) is 48.5 Å². The second kappa shape index (κ2) is 11.8. The summed E-state index contributed by atoms with van der Waals surface area (Å²) in [5.41, 5.74) is 2.46. The summed E-state index contributed by atoms with van der Waals surface area (Å²) in [6.45, 7) is 8.48. The van der Waals surface area contributed by atoms with Crippen LogP contribution < -0.4 is 10.1 Å². The molecule has 0 aromatic heterocycles. The standard InChI is InChI=1S/C23H30NO3Si.Y/c1-6-9-22(25)21(16-28(3,4)5)24-23(26)19-12-7-10-17(14-19)18-11-8-13-20(15-18)27-2;/h6-8,10-15,21H,9,16H2,1-5H3,(H,24,26);/q-1;/t21-;/m0./s1. The minimum absolute atomic E-state index is 0. The molecule has 0 spiro atoms. The van der Waals surface area contributed by atoms with Crippen molar-refractivity contribution in [2.45, 2.75) is 45.1 Å². The fourth-order valence-corrected chi connectivity index (χ4v) is 4.64. The number of hydrogen-bond donors (Lipinski definition) is 1. The quantitative estimate of drug-likeness (QED) is 0.403. The van der Waals surface area contributed by atoms with Gasteiger partial charge in [-0.3, -0.25) is 4.79 Å². The van der Waals surface area contributed by atoms with Crippen LogP contribution in [0.1, 0.15) is 23.7 Å². The normalized spacial score (nSPS) is 11.9. The van der Waals surface area contributed by atoms with Gasteiger partial charge in [0.2, 0.25) is 0 Å². The summed E-state index contributed by atoms with van der Waals surface area (Å²) in [4.78, 5) is 25.4. The number of Topliss-reactive ketones (excluding diaryl/α,β-unsaturated/α-hetero) is 1. The molecule has 0 aliphatic carbocycles. The van der Waals surface area contributed by atoms with E-state index >= 15 is 0 Å². The van der Waals surface area contributed by atoms with Gasteiger partial charge in [0.1, 0.15) is 11.5 Å². The molecule has 2 rings (SSSR count). The number of nitrogens with one attached hydrogen (secondary N) is 1. The van der Waals surface area contributed by atoms with Crippen molar-refractivity contribution in [3.8, 4) is 16.9 Å². The van der Waals surface area contributed by atoms with Crippen LogP contribution >= 0.6 is 0 Å². The predicted molar refractivity (Wildman–Crippen MR) is 117 cm³/mol. The summed E-state index contributed by atoms with van der Waals surface area (Å²) in [5.74, 6) is 0.628. The van der Waals surface area contributed by atoms with E-state index in [1.165, 1.54) is 0 Å². The summed E-state index contributed by atoms with van der Waals surface area (Å²) in [7, 11) is 0.114. The number of hydrogen-bond acceptors (Lipinski definition) is 3. The van der Waals surface area contributed by atoms with Crippen LogP contribution in [0.4, 0.5) is 0 Å². The monoisotopic (exact) mass is 485 g/mol. The Hall–Kier alpha value is -1.30. The van der Waals surface area contributed by atoms with Crippen molar-refractivity contribution in [1.29, 1.82) is 0 Å². The Kier molecular flexibility index (Phi) is 10.5.